The first-order valence-corrected chi connectivity index (χ1v) is 8.43. The zero-order chi connectivity index (χ0) is 16.0. The van der Waals surface area contributed by atoms with Gasteiger partial charge in [0, 0.05) is 4.91 Å². The number of likely N-dealkylation sites (N-methyl/N-ethyl adjacent to an activating group) is 1. The van der Waals surface area contributed by atoms with E-state index in [0.29, 0.717) is 0 Å². The van der Waals surface area contributed by atoms with Gasteiger partial charge >= 0.3 is 6.18 Å². The number of benzene rings is 1. The Morgan fingerprint density at radius 1 is 1.05 bits per heavy atom. The molecule has 120 valence electrons. The molecule has 1 fully saturated rings. The van der Waals surface area contributed by atoms with Crippen LogP contribution in [-0.4, -0.2) is 16.9 Å². The zero-order valence-electron chi connectivity index (χ0n) is 12.8. The van der Waals surface area contributed by atoms with Crippen molar-refractivity contribution in [3.05, 3.63) is 41.0 Å². The predicted octanol–water partition coefficient (Wildman–Crippen LogP) is 5.73. The lowest BCUT2D eigenvalue weighted by Crippen LogP contribution is -2.42. The second kappa shape index (κ2) is 5.60. The molecule has 1 spiro atoms. The molecule has 0 amide bonds. The fraction of sp³-hybridized carbons (Fsp3) is 0.529. The second-order valence-electron chi connectivity index (χ2n) is 6.21. The van der Waals surface area contributed by atoms with E-state index in [1.807, 2.05) is 0 Å². The molecule has 1 nitrogen and oxygen atoms in total. The van der Waals surface area contributed by atoms with Crippen molar-refractivity contribution in [3.8, 4) is 0 Å². The summed E-state index contributed by atoms with van der Waals surface area (Å²) < 4.78 is 40.4. The SMILES string of the molecule is CC1=C(c2ccc(C(F)(F)F)cc2)SN(C)C12CCCCC2. The van der Waals surface area contributed by atoms with Crippen LogP contribution in [0.1, 0.15) is 50.2 Å². The first-order valence-electron chi connectivity index (χ1n) is 7.65. The van der Waals surface area contributed by atoms with Gasteiger partial charge in [0.25, 0.3) is 0 Å². The summed E-state index contributed by atoms with van der Waals surface area (Å²) in [6, 6.07) is 5.57. The third-order valence-electron chi connectivity index (χ3n) is 5.02. The summed E-state index contributed by atoms with van der Waals surface area (Å²) in [6.45, 7) is 2.15. The molecule has 1 aliphatic heterocycles. The molecule has 0 bridgehead atoms. The molecule has 1 aromatic carbocycles. The first kappa shape index (κ1) is 15.9. The lowest BCUT2D eigenvalue weighted by atomic mass is 9.76. The van der Waals surface area contributed by atoms with E-state index in [-0.39, 0.29) is 5.54 Å². The molecule has 22 heavy (non-hydrogen) atoms. The Balaban J connectivity index is 1.94. The van der Waals surface area contributed by atoms with Crippen molar-refractivity contribution < 1.29 is 13.2 Å². The van der Waals surface area contributed by atoms with Crippen LogP contribution in [0.15, 0.2) is 29.8 Å². The van der Waals surface area contributed by atoms with Crippen LogP contribution in [-0.2, 0) is 6.18 Å². The Morgan fingerprint density at radius 2 is 1.64 bits per heavy atom. The van der Waals surface area contributed by atoms with Crippen molar-refractivity contribution >= 4 is 16.9 Å². The van der Waals surface area contributed by atoms with Gasteiger partial charge in [-0.1, -0.05) is 31.4 Å². The highest BCUT2D eigenvalue weighted by atomic mass is 32.2. The predicted molar refractivity (Wildman–Crippen MR) is 85.2 cm³/mol. The van der Waals surface area contributed by atoms with Gasteiger partial charge in [0.2, 0.25) is 0 Å². The highest BCUT2D eigenvalue weighted by molar-refractivity contribution is 8.06. The molecule has 1 saturated carbocycles. The molecular weight excluding hydrogens is 307 g/mol. The first-order chi connectivity index (χ1) is 10.3. The van der Waals surface area contributed by atoms with E-state index in [2.05, 4.69) is 18.3 Å². The summed E-state index contributed by atoms with van der Waals surface area (Å²) in [6.07, 6.45) is 1.75. The summed E-state index contributed by atoms with van der Waals surface area (Å²) in [4.78, 5) is 1.12. The monoisotopic (exact) mass is 327 g/mol. The Labute approximate surface area is 133 Å². The number of hydrogen-bond acceptors (Lipinski definition) is 2. The van der Waals surface area contributed by atoms with E-state index in [0.717, 1.165) is 23.3 Å². The topological polar surface area (TPSA) is 3.24 Å². The molecule has 1 aromatic rings. The van der Waals surface area contributed by atoms with Crippen LogP contribution in [0.5, 0.6) is 0 Å². The fourth-order valence-electron chi connectivity index (χ4n) is 3.65. The fourth-order valence-corrected chi connectivity index (χ4v) is 4.98. The van der Waals surface area contributed by atoms with Crippen LogP contribution >= 0.6 is 11.9 Å². The molecule has 0 saturated heterocycles. The van der Waals surface area contributed by atoms with Gasteiger partial charge in [0.1, 0.15) is 0 Å². The lowest BCUT2D eigenvalue weighted by Gasteiger charge is -2.40. The normalized spacial score (nSPS) is 22.6. The maximum atomic E-state index is 12.7. The minimum absolute atomic E-state index is 0.0982. The molecule has 2 aliphatic rings. The minimum Gasteiger partial charge on any atom is -0.239 e. The number of nitrogens with zero attached hydrogens (tertiary/aromatic N) is 1. The van der Waals surface area contributed by atoms with Gasteiger partial charge in [-0.05, 0) is 62.0 Å². The van der Waals surface area contributed by atoms with Crippen LogP contribution in [0.2, 0.25) is 0 Å². The largest absolute Gasteiger partial charge is 0.416 e. The molecule has 5 heteroatoms. The molecule has 0 radical (unpaired) electrons. The van der Waals surface area contributed by atoms with Crippen LogP contribution in [0, 0.1) is 0 Å². The lowest BCUT2D eigenvalue weighted by molar-refractivity contribution is -0.137. The van der Waals surface area contributed by atoms with E-state index >= 15 is 0 Å². The van der Waals surface area contributed by atoms with Crippen molar-refractivity contribution in [3.63, 3.8) is 0 Å². The summed E-state index contributed by atoms with van der Waals surface area (Å²) >= 11 is 1.68. The van der Waals surface area contributed by atoms with Gasteiger partial charge in [-0.25, -0.2) is 4.31 Å². The van der Waals surface area contributed by atoms with Crippen LogP contribution in [0.25, 0.3) is 4.91 Å². The number of rotatable bonds is 1. The van der Waals surface area contributed by atoms with Crippen molar-refractivity contribution in [2.24, 2.45) is 0 Å². The van der Waals surface area contributed by atoms with E-state index in [1.165, 1.54) is 37.0 Å². The molecule has 0 aromatic heterocycles. The highest BCUT2D eigenvalue weighted by Crippen LogP contribution is 2.54. The summed E-state index contributed by atoms with van der Waals surface area (Å²) in [7, 11) is 2.11. The highest BCUT2D eigenvalue weighted by Gasteiger charge is 2.44. The van der Waals surface area contributed by atoms with Gasteiger partial charge in [-0.2, -0.15) is 13.2 Å². The Bertz CT molecular complexity index is 583. The van der Waals surface area contributed by atoms with Crippen molar-refractivity contribution in [2.75, 3.05) is 7.05 Å². The maximum Gasteiger partial charge on any atom is 0.416 e. The third-order valence-corrected chi connectivity index (χ3v) is 6.37. The van der Waals surface area contributed by atoms with Gasteiger partial charge in [0.15, 0.2) is 0 Å². The second-order valence-corrected chi connectivity index (χ2v) is 7.35. The summed E-state index contributed by atoms with van der Waals surface area (Å²) in [5, 5.41) is 0. The molecule has 1 aliphatic carbocycles. The maximum absolute atomic E-state index is 12.7. The number of hydrogen-bond donors (Lipinski definition) is 0. The molecule has 1 heterocycles. The van der Waals surface area contributed by atoms with Gasteiger partial charge in [-0.15, -0.1) is 0 Å². The molecule has 0 atom stereocenters. The molecule has 0 unspecified atom stereocenters. The van der Waals surface area contributed by atoms with Crippen LogP contribution < -0.4 is 0 Å². The third kappa shape index (κ3) is 2.58. The Morgan fingerprint density at radius 3 is 2.18 bits per heavy atom. The van der Waals surface area contributed by atoms with Crippen molar-refractivity contribution in [1.29, 1.82) is 0 Å². The van der Waals surface area contributed by atoms with E-state index < -0.39 is 11.7 Å². The Hall–Kier alpha value is -0.940. The average molecular weight is 327 g/mol. The number of alkyl halides is 3. The average Bonchev–Trinajstić information content (AvgIpc) is 2.73. The van der Waals surface area contributed by atoms with Crippen molar-refractivity contribution in [1.82, 2.24) is 4.31 Å². The van der Waals surface area contributed by atoms with E-state index in [1.54, 1.807) is 24.1 Å². The van der Waals surface area contributed by atoms with E-state index in [9.17, 15) is 13.2 Å². The summed E-state index contributed by atoms with van der Waals surface area (Å²) in [5.74, 6) is 0. The van der Waals surface area contributed by atoms with E-state index in [4.69, 9.17) is 0 Å². The quantitative estimate of drug-likeness (QED) is 0.606. The molecular formula is C17H20F3NS. The smallest absolute Gasteiger partial charge is 0.239 e. The minimum atomic E-state index is -4.27. The van der Waals surface area contributed by atoms with Crippen LogP contribution in [0.3, 0.4) is 0 Å². The molecule has 3 rings (SSSR count). The Kier molecular flexibility index (Phi) is 4.06. The van der Waals surface area contributed by atoms with Gasteiger partial charge < -0.3 is 0 Å². The standard InChI is InChI=1S/C17H20F3NS/c1-12-15(13-6-8-14(9-7-13)17(18,19)20)22-21(2)16(12)10-4-3-5-11-16/h6-9H,3-5,10-11H2,1-2H3. The summed E-state index contributed by atoms with van der Waals surface area (Å²) in [5.41, 5.74) is 1.73. The molecule has 0 N–H and O–H groups in total. The van der Waals surface area contributed by atoms with Crippen LogP contribution in [0.4, 0.5) is 13.2 Å². The van der Waals surface area contributed by atoms with Crippen molar-refractivity contribution in [2.45, 2.75) is 50.7 Å². The van der Waals surface area contributed by atoms with Gasteiger partial charge in [-0.3, -0.25) is 0 Å². The number of halogens is 3. The zero-order valence-corrected chi connectivity index (χ0v) is 13.7. The van der Waals surface area contributed by atoms with Gasteiger partial charge in [0.05, 0.1) is 11.1 Å².